The molecule has 3 aromatic heterocycles. The van der Waals surface area contributed by atoms with Crippen LogP contribution in [-0.4, -0.2) is 19.5 Å². The first-order chi connectivity index (χ1) is 24.8. The summed E-state index contributed by atoms with van der Waals surface area (Å²) in [5.41, 5.74) is 9.91. The lowest BCUT2D eigenvalue weighted by atomic mass is 10.0. The van der Waals surface area contributed by atoms with Crippen LogP contribution in [0.1, 0.15) is 0 Å². The van der Waals surface area contributed by atoms with E-state index in [9.17, 15) is 0 Å². The maximum absolute atomic E-state index is 6.80. The zero-order chi connectivity index (χ0) is 33.0. The van der Waals surface area contributed by atoms with Crippen LogP contribution in [0.4, 0.5) is 0 Å². The summed E-state index contributed by atoms with van der Waals surface area (Å²) in [7, 11) is 0. The highest BCUT2D eigenvalue weighted by Gasteiger charge is 2.22. The molecule has 0 unspecified atom stereocenters. The van der Waals surface area contributed by atoms with E-state index >= 15 is 0 Å². The van der Waals surface area contributed by atoms with Gasteiger partial charge in [0.1, 0.15) is 11.2 Å². The van der Waals surface area contributed by atoms with Crippen molar-refractivity contribution in [1.82, 2.24) is 19.5 Å². The molecule has 0 N–H and O–H groups in total. The van der Waals surface area contributed by atoms with Gasteiger partial charge in [-0.2, -0.15) is 0 Å². The Bertz CT molecular complexity index is 2800. The molecular weight excluding hydrogens is 613 g/mol. The Hall–Kier alpha value is -6.85. The Kier molecular flexibility index (Phi) is 6.42. The van der Waals surface area contributed by atoms with Crippen LogP contribution >= 0.6 is 0 Å². The van der Waals surface area contributed by atoms with Gasteiger partial charge in [-0.25, -0.2) is 15.0 Å². The number of para-hydroxylation sites is 2. The number of aromatic nitrogens is 4. The van der Waals surface area contributed by atoms with Gasteiger partial charge in [-0.05, 0) is 47.5 Å². The van der Waals surface area contributed by atoms with Crippen LogP contribution in [0.2, 0.25) is 0 Å². The molecule has 0 saturated carbocycles. The number of fused-ring (bicyclic) bond motifs is 7. The molecule has 0 atom stereocenters. The molecule has 10 rings (SSSR count). The van der Waals surface area contributed by atoms with Crippen molar-refractivity contribution < 1.29 is 4.42 Å². The minimum absolute atomic E-state index is 0.565. The Morgan fingerprint density at radius 1 is 0.420 bits per heavy atom. The molecule has 0 fully saturated rings. The Labute approximate surface area is 287 Å². The number of nitrogens with zero attached hydrogens (tertiary/aromatic N) is 4. The molecule has 0 aliphatic heterocycles. The van der Waals surface area contributed by atoms with E-state index < -0.39 is 0 Å². The maximum Gasteiger partial charge on any atom is 0.167 e. The lowest BCUT2D eigenvalue weighted by Gasteiger charge is -2.11. The molecular formula is C45H28N4O. The summed E-state index contributed by atoms with van der Waals surface area (Å²) in [6, 6.07) is 58.6. The van der Waals surface area contributed by atoms with Gasteiger partial charge in [-0.3, -0.25) is 0 Å². The third kappa shape index (κ3) is 4.52. The fraction of sp³-hybridized carbons (Fsp3) is 0. The van der Waals surface area contributed by atoms with Crippen LogP contribution in [0.5, 0.6) is 0 Å². The van der Waals surface area contributed by atoms with Crippen molar-refractivity contribution in [1.29, 1.82) is 0 Å². The van der Waals surface area contributed by atoms with Crippen LogP contribution in [0.3, 0.4) is 0 Å². The van der Waals surface area contributed by atoms with Crippen LogP contribution in [-0.2, 0) is 0 Å². The number of hydrogen-bond donors (Lipinski definition) is 0. The molecule has 0 spiro atoms. The molecule has 5 heteroatoms. The van der Waals surface area contributed by atoms with Crippen molar-refractivity contribution in [2.75, 3.05) is 0 Å². The minimum Gasteiger partial charge on any atom is -0.455 e. The van der Waals surface area contributed by atoms with Crippen LogP contribution in [0.15, 0.2) is 174 Å². The second-order valence-electron chi connectivity index (χ2n) is 12.4. The summed E-state index contributed by atoms with van der Waals surface area (Å²) in [5.74, 6) is 1.79. The van der Waals surface area contributed by atoms with E-state index in [-0.39, 0.29) is 0 Å². The summed E-state index contributed by atoms with van der Waals surface area (Å²) in [6.07, 6.45) is 0. The second kappa shape index (κ2) is 11.4. The third-order valence-electron chi connectivity index (χ3n) is 9.45. The lowest BCUT2D eigenvalue weighted by molar-refractivity contribution is 0.669. The molecule has 0 saturated heterocycles. The molecule has 0 amide bonds. The molecule has 0 radical (unpaired) electrons. The van der Waals surface area contributed by atoms with Crippen molar-refractivity contribution in [2.45, 2.75) is 0 Å². The van der Waals surface area contributed by atoms with Crippen molar-refractivity contribution in [3.63, 3.8) is 0 Å². The first kappa shape index (κ1) is 28.2. The zero-order valence-corrected chi connectivity index (χ0v) is 26.9. The molecule has 0 aliphatic rings. The van der Waals surface area contributed by atoms with Crippen LogP contribution in [0, 0.1) is 0 Å². The zero-order valence-electron chi connectivity index (χ0n) is 26.9. The first-order valence-electron chi connectivity index (χ1n) is 16.7. The van der Waals surface area contributed by atoms with E-state index in [0.717, 1.165) is 55.3 Å². The SMILES string of the molecule is c1ccc(-c2cccc(-n3c4ccccc4c4ccc5oc6c(-c7nc(-c8ccccc8)nc(-c8ccccc8)n7)cccc6c5c43)c2)cc1. The Balaban J connectivity index is 1.25. The molecule has 3 heterocycles. The number of hydrogen-bond acceptors (Lipinski definition) is 4. The van der Waals surface area contributed by atoms with E-state index in [1.165, 1.54) is 21.9 Å². The molecule has 0 bridgehead atoms. The summed E-state index contributed by atoms with van der Waals surface area (Å²) < 4.78 is 9.18. The monoisotopic (exact) mass is 640 g/mol. The Morgan fingerprint density at radius 2 is 1.00 bits per heavy atom. The predicted octanol–water partition coefficient (Wildman–Crippen LogP) is 11.5. The van der Waals surface area contributed by atoms with Gasteiger partial charge in [0.05, 0.1) is 22.0 Å². The van der Waals surface area contributed by atoms with Crippen molar-refractivity contribution in [3.05, 3.63) is 170 Å². The van der Waals surface area contributed by atoms with Gasteiger partial charge in [0.15, 0.2) is 17.5 Å². The largest absolute Gasteiger partial charge is 0.455 e. The summed E-state index contributed by atoms with van der Waals surface area (Å²) in [5, 5.41) is 4.43. The smallest absolute Gasteiger partial charge is 0.167 e. The first-order valence-corrected chi connectivity index (χ1v) is 16.7. The highest BCUT2D eigenvalue weighted by Crippen LogP contribution is 2.43. The molecule has 5 nitrogen and oxygen atoms in total. The maximum atomic E-state index is 6.80. The van der Waals surface area contributed by atoms with Gasteiger partial charge in [0.25, 0.3) is 0 Å². The molecule has 10 aromatic rings. The highest BCUT2D eigenvalue weighted by molar-refractivity contribution is 6.25. The molecule has 234 valence electrons. The molecule has 7 aromatic carbocycles. The van der Waals surface area contributed by atoms with Gasteiger partial charge >= 0.3 is 0 Å². The van der Waals surface area contributed by atoms with Gasteiger partial charge < -0.3 is 8.98 Å². The van der Waals surface area contributed by atoms with Gasteiger partial charge in [0, 0.05) is 33.0 Å². The average Bonchev–Trinajstić information content (AvgIpc) is 3.75. The number of benzene rings is 7. The fourth-order valence-electron chi connectivity index (χ4n) is 7.17. The minimum atomic E-state index is 0.565. The van der Waals surface area contributed by atoms with E-state index in [2.05, 4.69) is 108 Å². The molecule has 0 aliphatic carbocycles. The summed E-state index contributed by atoms with van der Waals surface area (Å²) in [4.78, 5) is 15.0. The van der Waals surface area contributed by atoms with Crippen LogP contribution in [0.25, 0.3) is 94.7 Å². The van der Waals surface area contributed by atoms with E-state index in [1.54, 1.807) is 0 Å². The van der Waals surface area contributed by atoms with Crippen molar-refractivity contribution in [2.24, 2.45) is 0 Å². The van der Waals surface area contributed by atoms with E-state index in [0.29, 0.717) is 17.5 Å². The van der Waals surface area contributed by atoms with Crippen molar-refractivity contribution in [3.8, 4) is 51.0 Å². The van der Waals surface area contributed by atoms with Crippen LogP contribution < -0.4 is 0 Å². The molecule has 50 heavy (non-hydrogen) atoms. The quantitative estimate of drug-likeness (QED) is 0.188. The fourth-order valence-corrected chi connectivity index (χ4v) is 7.17. The number of furan rings is 1. The number of rotatable bonds is 5. The lowest BCUT2D eigenvalue weighted by Crippen LogP contribution is -2.00. The third-order valence-corrected chi connectivity index (χ3v) is 9.45. The van der Waals surface area contributed by atoms with Crippen molar-refractivity contribution >= 4 is 43.7 Å². The van der Waals surface area contributed by atoms with E-state index in [1.807, 2.05) is 66.7 Å². The summed E-state index contributed by atoms with van der Waals surface area (Å²) >= 11 is 0. The second-order valence-corrected chi connectivity index (χ2v) is 12.4. The Morgan fingerprint density at radius 3 is 1.72 bits per heavy atom. The van der Waals surface area contributed by atoms with Gasteiger partial charge in [-0.1, -0.05) is 133 Å². The summed E-state index contributed by atoms with van der Waals surface area (Å²) in [6.45, 7) is 0. The standard InChI is InChI=1S/C45H28N4O/c1-4-14-29(15-5-1)32-20-12-21-33(28-32)49-38-25-11-10-22-34(38)35-26-27-39-40(41(35)49)36-23-13-24-37(42(36)50-39)45-47-43(30-16-6-2-7-17-30)46-44(48-45)31-18-8-3-9-19-31/h1-28H. The van der Waals surface area contributed by atoms with E-state index in [4.69, 9.17) is 19.4 Å². The van der Waals surface area contributed by atoms with Gasteiger partial charge in [-0.15, -0.1) is 0 Å². The topological polar surface area (TPSA) is 56.7 Å². The van der Waals surface area contributed by atoms with Gasteiger partial charge in [0.2, 0.25) is 0 Å². The normalized spacial score (nSPS) is 11.6. The predicted molar refractivity (Wildman–Crippen MR) is 203 cm³/mol. The highest BCUT2D eigenvalue weighted by atomic mass is 16.3. The average molecular weight is 641 g/mol.